The molecule has 114 valence electrons. The summed E-state index contributed by atoms with van der Waals surface area (Å²) in [6.07, 6.45) is 1.13. The van der Waals surface area contributed by atoms with Gasteiger partial charge in [-0.15, -0.1) is 0 Å². The molecule has 0 unspecified atom stereocenters. The van der Waals surface area contributed by atoms with Crippen LogP contribution >= 0.6 is 11.6 Å². The van der Waals surface area contributed by atoms with E-state index >= 15 is 0 Å². The van der Waals surface area contributed by atoms with Crippen molar-refractivity contribution < 1.29 is 18.7 Å². The second kappa shape index (κ2) is 5.53. The van der Waals surface area contributed by atoms with Crippen LogP contribution in [0.4, 0.5) is 4.39 Å². The van der Waals surface area contributed by atoms with E-state index in [2.05, 4.69) is 9.97 Å². The van der Waals surface area contributed by atoms with Crippen LogP contribution in [0.15, 0.2) is 30.3 Å². The SMILES string of the molecule is COC(=O)C1(Oc2cc(-c3ccc(F)cc3)nc(Cl)n2)CC1. The number of nitrogens with zero attached hydrogens (tertiary/aromatic N) is 2. The average Bonchev–Trinajstić information content (AvgIpc) is 3.27. The van der Waals surface area contributed by atoms with E-state index in [-0.39, 0.29) is 17.0 Å². The Hall–Kier alpha value is -2.21. The molecular weight excluding hydrogens is 311 g/mol. The van der Waals surface area contributed by atoms with Gasteiger partial charge in [-0.1, -0.05) is 0 Å². The van der Waals surface area contributed by atoms with E-state index in [0.717, 1.165) is 0 Å². The van der Waals surface area contributed by atoms with Gasteiger partial charge in [0, 0.05) is 24.5 Å². The zero-order valence-corrected chi connectivity index (χ0v) is 12.4. The van der Waals surface area contributed by atoms with Crippen LogP contribution in [-0.2, 0) is 9.53 Å². The Bertz CT molecular complexity index is 717. The Morgan fingerprint density at radius 3 is 2.55 bits per heavy atom. The number of halogens is 2. The Morgan fingerprint density at radius 1 is 1.27 bits per heavy atom. The lowest BCUT2D eigenvalue weighted by Crippen LogP contribution is -2.31. The van der Waals surface area contributed by atoms with E-state index in [0.29, 0.717) is 24.1 Å². The third kappa shape index (κ3) is 2.87. The predicted molar refractivity (Wildman–Crippen MR) is 77.0 cm³/mol. The lowest BCUT2D eigenvalue weighted by molar-refractivity contribution is -0.151. The number of benzene rings is 1. The topological polar surface area (TPSA) is 61.3 Å². The molecule has 5 nitrogen and oxygen atoms in total. The first-order valence-corrected chi connectivity index (χ1v) is 6.98. The summed E-state index contributed by atoms with van der Waals surface area (Å²) in [5.41, 5.74) is 0.168. The highest BCUT2D eigenvalue weighted by atomic mass is 35.5. The molecule has 22 heavy (non-hydrogen) atoms. The molecule has 3 rings (SSSR count). The van der Waals surface area contributed by atoms with Crippen molar-refractivity contribution in [3.8, 4) is 17.1 Å². The molecule has 7 heteroatoms. The molecule has 2 aromatic rings. The van der Waals surface area contributed by atoms with Gasteiger partial charge in [0.2, 0.25) is 16.8 Å². The van der Waals surface area contributed by atoms with Crippen molar-refractivity contribution in [3.63, 3.8) is 0 Å². The minimum atomic E-state index is -0.980. The Kier molecular flexibility index (Phi) is 3.70. The number of esters is 1. The van der Waals surface area contributed by atoms with Gasteiger partial charge in [0.15, 0.2) is 0 Å². The van der Waals surface area contributed by atoms with Gasteiger partial charge >= 0.3 is 5.97 Å². The second-order valence-corrected chi connectivity index (χ2v) is 5.29. The fraction of sp³-hybridized carbons (Fsp3) is 0.267. The Morgan fingerprint density at radius 2 is 1.95 bits per heavy atom. The minimum absolute atomic E-state index is 0.0162. The van der Waals surface area contributed by atoms with Crippen molar-refractivity contribution in [2.45, 2.75) is 18.4 Å². The maximum absolute atomic E-state index is 13.0. The molecule has 1 aromatic heterocycles. The first kappa shape index (κ1) is 14.7. The van der Waals surface area contributed by atoms with E-state index in [4.69, 9.17) is 21.1 Å². The van der Waals surface area contributed by atoms with E-state index in [9.17, 15) is 9.18 Å². The summed E-state index contributed by atoms with van der Waals surface area (Å²) in [5.74, 6) is -0.601. The smallest absolute Gasteiger partial charge is 0.350 e. The lowest BCUT2D eigenvalue weighted by Gasteiger charge is -2.15. The van der Waals surface area contributed by atoms with Crippen molar-refractivity contribution in [2.24, 2.45) is 0 Å². The van der Waals surface area contributed by atoms with E-state index in [1.807, 2.05) is 0 Å². The summed E-state index contributed by atoms with van der Waals surface area (Å²) >= 11 is 5.90. The standard InChI is InChI=1S/C15H12ClFN2O3/c1-21-13(20)15(6-7-15)22-12-8-11(18-14(16)19-12)9-2-4-10(17)5-3-9/h2-5,8H,6-7H2,1H3. The highest BCUT2D eigenvalue weighted by Gasteiger charge is 2.54. The quantitative estimate of drug-likeness (QED) is 0.639. The molecule has 0 N–H and O–H groups in total. The highest BCUT2D eigenvalue weighted by Crippen LogP contribution is 2.41. The van der Waals surface area contributed by atoms with Gasteiger partial charge in [-0.3, -0.25) is 0 Å². The molecule has 1 aliphatic rings. The molecule has 0 amide bonds. The number of carbonyl (C=O) groups is 1. The second-order valence-electron chi connectivity index (χ2n) is 4.96. The molecule has 1 fully saturated rings. The third-order valence-corrected chi connectivity index (χ3v) is 3.55. The van der Waals surface area contributed by atoms with Crippen LogP contribution in [0.1, 0.15) is 12.8 Å². The van der Waals surface area contributed by atoms with Crippen LogP contribution in [-0.4, -0.2) is 28.6 Å². The fourth-order valence-corrected chi connectivity index (χ4v) is 2.24. The summed E-state index contributed by atoms with van der Waals surface area (Å²) in [7, 11) is 1.31. The first-order chi connectivity index (χ1) is 10.5. The van der Waals surface area contributed by atoms with Crippen molar-refractivity contribution in [2.75, 3.05) is 7.11 Å². The molecule has 0 saturated heterocycles. The van der Waals surface area contributed by atoms with Crippen molar-refractivity contribution in [1.82, 2.24) is 9.97 Å². The maximum atomic E-state index is 13.0. The van der Waals surface area contributed by atoms with E-state index in [1.165, 1.54) is 19.2 Å². The van der Waals surface area contributed by atoms with Gasteiger partial charge in [0.05, 0.1) is 12.8 Å². The van der Waals surface area contributed by atoms with E-state index < -0.39 is 11.6 Å². The third-order valence-electron chi connectivity index (χ3n) is 3.38. The van der Waals surface area contributed by atoms with Crippen LogP contribution in [0.5, 0.6) is 5.88 Å². The van der Waals surface area contributed by atoms with Crippen molar-refractivity contribution in [3.05, 3.63) is 41.4 Å². The van der Waals surface area contributed by atoms with Crippen LogP contribution in [0.2, 0.25) is 5.28 Å². The molecule has 1 heterocycles. The fourth-order valence-electron chi connectivity index (χ4n) is 2.07. The van der Waals surface area contributed by atoms with Crippen LogP contribution < -0.4 is 4.74 Å². The van der Waals surface area contributed by atoms with Gasteiger partial charge in [0.1, 0.15) is 5.82 Å². The number of methoxy groups -OCH3 is 1. The minimum Gasteiger partial charge on any atom is -0.466 e. The summed E-state index contributed by atoms with van der Waals surface area (Å²) < 4.78 is 23.4. The molecule has 0 spiro atoms. The number of aromatic nitrogens is 2. The monoisotopic (exact) mass is 322 g/mol. The summed E-state index contributed by atoms with van der Waals surface area (Å²) in [5, 5.41) is -0.0162. The zero-order valence-electron chi connectivity index (χ0n) is 11.7. The van der Waals surface area contributed by atoms with E-state index in [1.54, 1.807) is 18.2 Å². The van der Waals surface area contributed by atoms with Gasteiger partial charge in [-0.25, -0.2) is 14.2 Å². The Balaban J connectivity index is 1.90. The van der Waals surface area contributed by atoms with Gasteiger partial charge < -0.3 is 9.47 Å². The summed E-state index contributed by atoms with van der Waals surface area (Å²) in [6.45, 7) is 0. The van der Waals surface area contributed by atoms with Crippen LogP contribution in [0.25, 0.3) is 11.3 Å². The average molecular weight is 323 g/mol. The molecule has 1 aliphatic carbocycles. The Labute approximate surface area is 131 Å². The molecule has 0 radical (unpaired) electrons. The molecule has 1 aromatic carbocycles. The lowest BCUT2D eigenvalue weighted by atomic mass is 10.1. The van der Waals surface area contributed by atoms with Crippen molar-refractivity contribution >= 4 is 17.6 Å². The molecule has 0 aliphatic heterocycles. The molecule has 0 atom stereocenters. The zero-order chi connectivity index (χ0) is 15.7. The number of hydrogen-bond acceptors (Lipinski definition) is 5. The summed E-state index contributed by atoms with van der Waals surface area (Å²) in [4.78, 5) is 19.8. The van der Waals surface area contributed by atoms with Crippen LogP contribution in [0, 0.1) is 5.82 Å². The number of ether oxygens (including phenoxy) is 2. The highest BCUT2D eigenvalue weighted by molar-refractivity contribution is 6.28. The van der Waals surface area contributed by atoms with Crippen LogP contribution in [0.3, 0.4) is 0 Å². The molecule has 0 bridgehead atoms. The summed E-state index contributed by atoms with van der Waals surface area (Å²) in [6, 6.07) is 7.35. The van der Waals surface area contributed by atoms with Gasteiger partial charge in [0.25, 0.3) is 0 Å². The van der Waals surface area contributed by atoms with Gasteiger partial charge in [-0.2, -0.15) is 4.98 Å². The first-order valence-electron chi connectivity index (χ1n) is 6.60. The predicted octanol–water partition coefficient (Wildman–Crippen LogP) is 3.02. The number of hydrogen-bond donors (Lipinski definition) is 0. The maximum Gasteiger partial charge on any atom is 0.350 e. The normalized spacial score (nSPS) is 15.2. The largest absolute Gasteiger partial charge is 0.466 e. The molecule has 1 saturated carbocycles. The van der Waals surface area contributed by atoms with Crippen molar-refractivity contribution in [1.29, 1.82) is 0 Å². The number of rotatable bonds is 4. The molecular formula is C15H12ClFN2O3. The number of carbonyl (C=O) groups excluding carboxylic acids is 1. The van der Waals surface area contributed by atoms with Gasteiger partial charge in [-0.05, 0) is 35.9 Å².